The van der Waals surface area contributed by atoms with E-state index in [-0.39, 0.29) is 6.04 Å². The number of rotatable bonds is 3. The van der Waals surface area contributed by atoms with Gasteiger partial charge in [0.25, 0.3) is 0 Å². The van der Waals surface area contributed by atoms with E-state index in [2.05, 4.69) is 10.2 Å². The van der Waals surface area contributed by atoms with Crippen LogP contribution in [0, 0.1) is 0 Å². The van der Waals surface area contributed by atoms with Crippen molar-refractivity contribution < 1.29 is 9.15 Å². The standard InChI is InChI=1S/C11H13N3O2/c1-7(12)10-13-14-11(16-10)8-3-5-9(15-2)6-4-8/h3-7H,12H2,1-2H3. The van der Waals surface area contributed by atoms with Crippen LogP contribution in [-0.2, 0) is 0 Å². The van der Waals surface area contributed by atoms with Gasteiger partial charge in [-0.2, -0.15) is 0 Å². The molecule has 0 aliphatic carbocycles. The molecule has 1 aromatic carbocycles. The van der Waals surface area contributed by atoms with E-state index in [1.165, 1.54) is 0 Å². The predicted octanol–water partition coefficient (Wildman–Crippen LogP) is 1.76. The second-order valence-electron chi connectivity index (χ2n) is 3.46. The van der Waals surface area contributed by atoms with Crippen molar-refractivity contribution in [2.75, 3.05) is 7.11 Å². The van der Waals surface area contributed by atoms with Gasteiger partial charge >= 0.3 is 0 Å². The molecule has 0 fully saturated rings. The highest BCUT2D eigenvalue weighted by Crippen LogP contribution is 2.22. The van der Waals surface area contributed by atoms with Crippen LogP contribution in [0.3, 0.4) is 0 Å². The van der Waals surface area contributed by atoms with Crippen LogP contribution >= 0.6 is 0 Å². The van der Waals surface area contributed by atoms with Crippen molar-refractivity contribution in [3.63, 3.8) is 0 Å². The Balaban J connectivity index is 2.28. The summed E-state index contributed by atoms with van der Waals surface area (Å²) < 4.78 is 10.5. The van der Waals surface area contributed by atoms with Crippen molar-refractivity contribution in [1.29, 1.82) is 0 Å². The molecule has 1 unspecified atom stereocenters. The van der Waals surface area contributed by atoms with Gasteiger partial charge < -0.3 is 14.9 Å². The zero-order valence-corrected chi connectivity index (χ0v) is 9.18. The lowest BCUT2D eigenvalue weighted by atomic mass is 10.2. The molecular formula is C11H13N3O2. The minimum atomic E-state index is -0.250. The number of hydrogen-bond acceptors (Lipinski definition) is 5. The van der Waals surface area contributed by atoms with E-state index in [4.69, 9.17) is 14.9 Å². The molecule has 2 N–H and O–H groups in total. The SMILES string of the molecule is COc1ccc(-c2nnc(C(C)N)o2)cc1. The zero-order chi connectivity index (χ0) is 11.5. The predicted molar refractivity (Wildman–Crippen MR) is 58.9 cm³/mol. The third-order valence-electron chi connectivity index (χ3n) is 2.17. The van der Waals surface area contributed by atoms with Gasteiger partial charge in [0.1, 0.15) is 5.75 Å². The summed E-state index contributed by atoms with van der Waals surface area (Å²) in [5.74, 6) is 1.69. The minimum Gasteiger partial charge on any atom is -0.497 e. The van der Waals surface area contributed by atoms with Gasteiger partial charge in [-0.25, -0.2) is 0 Å². The zero-order valence-electron chi connectivity index (χ0n) is 9.18. The lowest BCUT2D eigenvalue weighted by Gasteiger charge is -1.99. The Hall–Kier alpha value is -1.88. The van der Waals surface area contributed by atoms with Crippen molar-refractivity contribution in [3.8, 4) is 17.2 Å². The summed E-state index contributed by atoms with van der Waals surface area (Å²) in [7, 11) is 1.62. The molecule has 0 amide bonds. The van der Waals surface area contributed by atoms with E-state index < -0.39 is 0 Å². The third kappa shape index (κ3) is 2.04. The van der Waals surface area contributed by atoms with E-state index in [0.29, 0.717) is 11.8 Å². The maximum Gasteiger partial charge on any atom is 0.247 e. The van der Waals surface area contributed by atoms with Crippen LogP contribution in [0.15, 0.2) is 28.7 Å². The summed E-state index contributed by atoms with van der Waals surface area (Å²) in [6, 6.07) is 7.14. The van der Waals surface area contributed by atoms with Gasteiger partial charge in [0.2, 0.25) is 11.8 Å². The molecule has 84 valence electrons. The van der Waals surface area contributed by atoms with Gasteiger partial charge in [-0.15, -0.1) is 10.2 Å². The molecule has 0 saturated carbocycles. The van der Waals surface area contributed by atoms with Gasteiger partial charge in [0, 0.05) is 5.56 Å². The van der Waals surface area contributed by atoms with E-state index in [1.807, 2.05) is 24.3 Å². The number of ether oxygens (including phenoxy) is 1. The molecule has 0 aliphatic heterocycles. The van der Waals surface area contributed by atoms with Gasteiger partial charge in [-0.1, -0.05) is 0 Å². The quantitative estimate of drug-likeness (QED) is 0.851. The first kappa shape index (κ1) is 10.6. The van der Waals surface area contributed by atoms with Gasteiger partial charge in [0.05, 0.1) is 13.2 Å². The molecule has 2 rings (SSSR count). The van der Waals surface area contributed by atoms with Crippen LogP contribution in [-0.4, -0.2) is 17.3 Å². The number of nitrogens with two attached hydrogens (primary N) is 1. The van der Waals surface area contributed by atoms with Crippen molar-refractivity contribution in [2.45, 2.75) is 13.0 Å². The maximum atomic E-state index is 5.63. The lowest BCUT2D eigenvalue weighted by Crippen LogP contribution is -2.04. The largest absolute Gasteiger partial charge is 0.497 e. The first-order valence-corrected chi connectivity index (χ1v) is 4.94. The summed E-state index contributed by atoms with van der Waals surface area (Å²) in [5.41, 5.74) is 6.48. The molecule has 2 aromatic rings. The van der Waals surface area contributed by atoms with E-state index in [0.717, 1.165) is 11.3 Å². The fraction of sp³-hybridized carbons (Fsp3) is 0.273. The molecule has 0 aliphatic rings. The number of benzene rings is 1. The summed E-state index contributed by atoms with van der Waals surface area (Å²) in [6.45, 7) is 1.80. The Morgan fingerprint density at radius 2 is 1.94 bits per heavy atom. The van der Waals surface area contributed by atoms with Gasteiger partial charge in [-0.3, -0.25) is 0 Å². The van der Waals surface area contributed by atoms with Gasteiger partial charge in [0.15, 0.2) is 0 Å². The van der Waals surface area contributed by atoms with E-state index >= 15 is 0 Å². The van der Waals surface area contributed by atoms with Crippen molar-refractivity contribution in [1.82, 2.24) is 10.2 Å². The van der Waals surface area contributed by atoms with Crippen LogP contribution in [0.5, 0.6) is 5.75 Å². The molecule has 0 bridgehead atoms. The average Bonchev–Trinajstić information content (AvgIpc) is 2.78. The van der Waals surface area contributed by atoms with Crippen LogP contribution in [0.25, 0.3) is 11.5 Å². The Morgan fingerprint density at radius 1 is 1.25 bits per heavy atom. The summed E-state index contributed by atoms with van der Waals surface area (Å²) >= 11 is 0. The van der Waals surface area contributed by atoms with Crippen molar-refractivity contribution in [2.24, 2.45) is 5.73 Å². The summed E-state index contributed by atoms with van der Waals surface area (Å²) in [5, 5.41) is 7.79. The third-order valence-corrected chi connectivity index (χ3v) is 2.17. The molecule has 1 aromatic heterocycles. The number of hydrogen-bond donors (Lipinski definition) is 1. The Labute approximate surface area is 93.2 Å². The number of nitrogens with zero attached hydrogens (tertiary/aromatic N) is 2. The summed E-state index contributed by atoms with van der Waals surface area (Å²) in [6.07, 6.45) is 0. The van der Waals surface area contributed by atoms with Crippen molar-refractivity contribution in [3.05, 3.63) is 30.2 Å². The summed E-state index contributed by atoms with van der Waals surface area (Å²) in [4.78, 5) is 0. The highest BCUT2D eigenvalue weighted by molar-refractivity contribution is 5.53. The van der Waals surface area contributed by atoms with Gasteiger partial charge in [-0.05, 0) is 31.2 Å². The first-order valence-electron chi connectivity index (χ1n) is 4.94. The fourth-order valence-corrected chi connectivity index (χ4v) is 1.27. The highest BCUT2D eigenvalue weighted by atomic mass is 16.5. The Morgan fingerprint density at radius 3 is 2.44 bits per heavy atom. The molecular weight excluding hydrogens is 206 g/mol. The molecule has 1 heterocycles. The molecule has 0 saturated heterocycles. The van der Waals surface area contributed by atoms with E-state index in [9.17, 15) is 0 Å². The Kier molecular flexibility index (Phi) is 2.87. The molecule has 1 atom stereocenters. The van der Waals surface area contributed by atoms with Crippen molar-refractivity contribution >= 4 is 0 Å². The average molecular weight is 219 g/mol. The molecule has 16 heavy (non-hydrogen) atoms. The minimum absolute atomic E-state index is 0.250. The lowest BCUT2D eigenvalue weighted by molar-refractivity contribution is 0.414. The van der Waals surface area contributed by atoms with Crippen LogP contribution in [0.2, 0.25) is 0 Å². The molecule has 5 heteroatoms. The second kappa shape index (κ2) is 4.32. The smallest absolute Gasteiger partial charge is 0.247 e. The highest BCUT2D eigenvalue weighted by Gasteiger charge is 2.11. The van der Waals surface area contributed by atoms with Crippen LogP contribution < -0.4 is 10.5 Å². The topological polar surface area (TPSA) is 74.2 Å². The van der Waals surface area contributed by atoms with Crippen LogP contribution in [0.4, 0.5) is 0 Å². The normalized spacial score (nSPS) is 12.4. The maximum absolute atomic E-state index is 5.63. The fourth-order valence-electron chi connectivity index (χ4n) is 1.27. The Bertz CT molecular complexity index is 462. The van der Waals surface area contributed by atoms with E-state index in [1.54, 1.807) is 14.0 Å². The monoisotopic (exact) mass is 219 g/mol. The molecule has 0 radical (unpaired) electrons. The molecule has 5 nitrogen and oxygen atoms in total. The molecule has 0 spiro atoms. The first-order chi connectivity index (χ1) is 7.70. The number of methoxy groups -OCH3 is 1. The second-order valence-corrected chi connectivity index (χ2v) is 3.46. The number of aromatic nitrogens is 2. The van der Waals surface area contributed by atoms with Crippen LogP contribution in [0.1, 0.15) is 18.9 Å².